The first-order chi connectivity index (χ1) is 5.24. The van der Waals surface area contributed by atoms with Gasteiger partial charge < -0.3 is 16.9 Å². The Balaban J connectivity index is -0.000000173. The van der Waals surface area contributed by atoms with E-state index in [0.29, 0.717) is 0 Å². The Kier molecular flexibility index (Phi) is 14.0. The summed E-state index contributed by atoms with van der Waals surface area (Å²) in [5, 5.41) is 0. The maximum absolute atomic E-state index is 3.59. The Morgan fingerprint density at radius 1 is 1.15 bits per heavy atom. The molecule has 0 aliphatic rings. The zero-order valence-electron chi connectivity index (χ0n) is 10.2. The predicted octanol–water partition coefficient (Wildman–Crippen LogP) is 2.93. The minimum Gasteiger partial charge on any atom is -0.483 e. The fourth-order valence-corrected chi connectivity index (χ4v) is 0.158. The monoisotopic (exact) mass is 258 g/mol. The van der Waals surface area contributed by atoms with Crippen molar-refractivity contribution in [1.29, 1.82) is 0 Å². The van der Waals surface area contributed by atoms with Gasteiger partial charge in [0.15, 0.2) is 0 Å². The van der Waals surface area contributed by atoms with E-state index in [1.165, 1.54) is 5.92 Å². The van der Waals surface area contributed by atoms with Crippen molar-refractivity contribution < 1.29 is 32.7 Å². The molecule has 0 saturated carbocycles. The summed E-state index contributed by atoms with van der Waals surface area (Å²) >= 11 is 0. The van der Waals surface area contributed by atoms with Crippen molar-refractivity contribution in [2.24, 2.45) is 0 Å². The average molecular weight is 258 g/mol. The first-order valence-corrected chi connectivity index (χ1v) is 4.22. The summed E-state index contributed by atoms with van der Waals surface area (Å²) in [6, 6.07) is 0. The van der Waals surface area contributed by atoms with Crippen LogP contribution in [0.2, 0.25) is 0 Å². The summed E-state index contributed by atoms with van der Waals surface area (Å²) in [5.41, 5.74) is 0.0139. The zero-order valence-corrected chi connectivity index (χ0v) is 13.1. The molecule has 0 aromatic rings. The second-order valence-corrected chi connectivity index (χ2v) is 4.13. The Hall–Kier alpha value is 0.804. The van der Waals surface area contributed by atoms with Crippen LogP contribution >= 0.6 is 0 Å². The second-order valence-electron chi connectivity index (χ2n) is 4.13. The van der Waals surface area contributed by atoms with Gasteiger partial charge in [0.2, 0.25) is 0 Å². The van der Waals surface area contributed by atoms with E-state index in [-0.39, 0.29) is 38.2 Å². The number of hydrogen-bond donors (Lipinski definition) is 0. The summed E-state index contributed by atoms with van der Waals surface area (Å²) in [6.45, 7) is 14.0. The van der Waals surface area contributed by atoms with Gasteiger partial charge in [-0.1, -0.05) is 13.8 Å². The molecule has 0 aromatic heterocycles. The molecular formula is C11H23NY-2. The molecule has 0 aliphatic heterocycles. The Labute approximate surface area is 110 Å². The second kappa shape index (κ2) is 9.36. The van der Waals surface area contributed by atoms with Crippen LogP contribution < -0.4 is 0 Å². The largest absolute Gasteiger partial charge is 0.483 e. The van der Waals surface area contributed by atoms with Crippen molar-refractivity contribution >= 4 is 0 Å². The van der Waals surface area contributed by atoms with Crippen LogP contribution in [-0.4, -0.2) is 24.5 Å². The van der Waals surface area contributed by atoms with E-state index >= 15 is 0 Å². The molecular weight excluding hydrogens is 235 g/mol. The minimum atomic E-state index is 0. The van der Waals surface area contributed by atoms with Gasteiger partial charge in [0.1, 0.15) is 0 Å². The number of nitrogens with zero attached hydrogens (tertiary/aromatic N) is 1. The molecule has 77 valence electrons. The van der Waals surface area contributed by atoms with Gasteiger partial charge in [-0.15, -0.1) is 5.54 Å². The molecule has 0 unspecified atom stereocenters. The molecule has 1 radical (unpaired) electrons. The van der Waals surface area contributed by atoms with Gasteiger partial charge in [-0.2, -0.15) is 20.8 Å². The van der Waals surface area contributed by atoms with Crippen LogP contribution in [0, 0.1) is 12.0 Å². The average Bonchev–Trinajstić information content (AvgIpc) is 1.86. The summed E-state index contributed by atoms with van der Waals surface area (Å²) in [7, 11) is 4.02. The maximum atomic E-state index is 3.59. The van der Waals surface area contributed by atoms with Gasteiger partial charge in [-0.05, 0) is 14.1 Å². The van der Waals surface area contributed by atoms with E-state index in [4.69, 9.17) is 0 Å². The van der Waals surface area contributed by atoms with Crippen LogP contribution in [0.1, 0.15) is 34.6 Å². The van der Waals surface area contributed by atoms with E-state index in [2.05, 4.69) is 52.2 Å². The molecule has 0 atom stereocenters. The van der Waals surface area contributed by atoms with E-state index in [0.717, 1.165) is 0 Å². The fraction of sp³-hybridized carbons (Fsp3) is 0.727. The van der Waals surface area contributed by atoms with E-state index in [1.54, 1.807) is 0 Å². The van der Waals surface area contributed by atoms with Crippen LogP contribution in [0.5, 0.6) is 0 Å². The van der Waals surface area contributed by atoms with Crippen LogP contribution in [0.4, 0.5) is 0 Å². The normalized spacial score (nSPS) is 10.2. The van der Waals surface area contributed by atoms with Crippen molar-refractivity contribution in [2.75, 3.05) is 14.1 Å². The molecule has 2 heteroatoms. The van der Waals surface area contributed by atoms with Gasteiger partial charge in [0, 0.05) is 32.7 Å². The molecule has 1 nitrogen and oxygen atoms in total. The molecule has 0 aliphatic carbocycles. The first kappa shape index (κ1) is 19.4. The van der Waals surface area contributed by atoms with Crippen molar-refractivity contribution in [2.45, 2.75) is 40.2 Å². The predicted molar refractivity (Wildman–Crippen MR) is 56.9 cm³/mol. The van der Waals surface area contributed by atoms with Crippen LogP contribution in [0.25, 0.3) is 0 Å². The third-order valence-electron chi connectivity index (χ3n) is 1.55. The number of likely N-dealkylation sites (N-methyl/N-ethyl adjacent to an activating group) is 1. The van der Waals surface area contributed by atoms with Gasteiger partial charge in [-0.3, -0.25) is 6.58 Å². The van der Waals surface area contributed by atoms with E-state index in [1.807, 2.05) is 14.1 Å². The van der Waals surface area contributed by atoms with Gasteiger partial charge in [-0.25, -0.2) is 0 Å². The summed E-state index contributed by atoms with van der Waals surface area (Å²) in [5.74, 6) is 1.42. The van der Waals surface area contributed by atoms with Crippen molar-refractivity contribution in [1.82, 2.24) is 4.90 Å². The number of rotatable bonds is 2. The molecule has 13 heavy (non-hydrogen) atoms. The molecule has 0 saturated heterocycles. The molecule has 0 rings (SSSR count). The van der Waals surface area contributed by atoms with E-state index < -0.39 is 0 Å². The third kappa shape index (κ3) is 15.5. The molecule has 0 N–H and O–H groups in total. The standard InChI is InChI=1S/C7H14N.C4H9.Y/c1-6-7(2,3)8(4)5;1-4(2)3;/h1H2,2-5H3;1-3H3;/q2*-1;. The molecule has 0 aromatic carbocycles. The summed E-state index contributed by atoms with van der Waals surface area (Å²) in [6.07, 6.45) is 2.92. The van der Waals surface area contributed by atoms with Crippen molar-refractivity contribution in [3.8, 4) is 0 Å². The summed E-state index contributed by atoms with van der Waals surface area (Å²) < 4.78 is 0. The van der Waals surface area contributed by atoms with Crippen LogP contribution in [0.3, 0.4) is 0 Å². The Morgan fingerprint density at radius 2 is 1.38 bits per heavy atom. The van der Waals surface area contributed by atoms with E-state index in [9.17, 15) is 0 Å². The fourth-order valence-electron chi connectivity index (χ4n) is 0.158. The molecule has 0 spiro atoms. The Bertz CT molecular complexity index is 115. The van der Waals surface area contributed by atoms with Crippen LogP contribution in [0.15, 0.2) is 6.58 Å². The first-order valence-electron chi connectivity index (χ1n) is 4.22. The topological polar surface area (TPSA) is 3.24 Å². The van der Waals surface area contributed by atoms with Crippen LogP contribution in [-0.2, 0) is 32.7 Å². The van der Waals surface area contributed by atoms with Gasteiger partial charge in [0.05, 0.1) is 0 Å². The Morgan fingerprint density at radius 3 is 1.38 bits per heavy atom. The molecule has 0 amide bonds. The maximum Gasteiger partial charge on any atom is 0 e. The molecule has 0 fully saturated rings. The summed E-state index contributed by atoms with van der Waals surface area (Å²) in [4.78, 5) is 2.07. The minimum absolute atomic E-state index is 0. The van der Waals surface area contributed by atoms with Crippen molar-refractivity contribution in [3.63, 3.8) is 0 Å². The SMILES string of the molecule is C=[C-]C(C)(C)N(C)C.C[C-](C)C.[Y]. The molecule has 0 bridgehead atoms. The smallest absolute Gasteiger partial charge is 0 e. The third-order valence-corrected chi connectivity index (χ3v) is 1.55. The molecule has 0 heterocycles. The quantitative estimate of drug-likeness (QED) is 0.688. The van der Waals surface area contributed by atoms with Crippen molar-refractivity contribution in [3.05, 3.63) is 18.6 Å². The number of hydrogen-bond acceptors (Lipinski definition) is 1. The van der Waals surface area contributed by atoms with Gasteiger partial charge in [0.25, 0.3) is 0 Å². The zero-order chi connectivity index (χ0) is 10.4. The van der Waals surface area contributed by atoms with Gasteiger partial charge >= 0.3 is 0 Å².